The first-order valence-electron chi connectivity index (χ1n) is 19.8. The third-order valence-corrected chi connectivity index (χ3v) is 12.1. The number of amides is 5. The maximum atomic E-state index is 13.4. The SMILES string of the molecule is CC(=N)[C@H](CC(=O)NC(C)c1ccc(OCCCCCNc2cccc3c2C(=O)N(C2CCC(=O)NC2=O)C3=O)cc1)N=C(c1ccc(Cl)cc1)c1c(C)sc(C)c1C. The molecule has 0 saturated carbocycles. The molecule has 1 saturated heterocycles. The minimum Gasteiger partial charge on any atom is -0.494 e. The Hall–Kier alpha value is -5.66. The molecule has 6 rings (SSSR count). The Bertz CT molecular complexity index is 2300. The number of anilines is 1. The molecule has 2 unspecified atom stereocenters. The monoisotopic (exact) mass is 836 g/mol. The quantitative estimate of drug-likeness (QED) is 0.0476. The molecule has 2 aliphatic rings. The van der Waals surface area contributed by atoms with E-state index in [1.807, 2.05) is 55.5 Å². The van der Waals surface area contributed by atoms with Gasteiger partial charge in [0.2, 0.25) is 17.7 Å². The molecule has 308 valence electrons. The van der Waals surface area contributed by atoms with Crippen molar-refractivity contribution in [3.8, 4) is 5.75 Å². The third-order valence-electron chi connectivity index (χ3n) is 10.7. The van der Waals surface area contributed by atoms with Crippen LogP contribution in [-0.4, -0.2) is 71.1 Å². The molecule has 59 heavy (non-hydrogen) atoms. The van der Waals surface area contributed by atoms with Crippen molar-refractivity contribution < 1.29 is 28.7 Å². The number of unbranched alkanes of at least 4 members (excludes halogenated alkanes) is 2. The van der Waals surface area contributed by atoms with E-state index in [1.165, 1.54) is 4.88 Å². The van der Waals surface area contributed by atoms with Gasteiger partial charge in [0.1, 0.15) is 11.8 Å². The van der Waals surface area contributed by atoms with Crippen LogP contribution in [0.15, 0.2) is 71.7 Å². The number of nitrogens with one attached hydrogen (secondary N) is 4. The lowest BCUT2D eigenvalue weighted by atomic mass is 9.97. The van der Waals surface area contributed by atoms with Gasteiger partial charge in [-0.1, -0.05) is 41.9 Å². The Morgan fingerprint density at radius 2 is 1.71 bits per heavy atom. The number of fused-ring (bicyclic) bond motifs is 1. The highest BCUT2D eigenvalue weighted by Crippen LogP contribution is 2.33. The van der Waals surface area contributed by atoms with Crippen LogP contribution in [0.3, 0.4) is 0 Å². The fourth-order valence-electron chi connectivity index (χ4n) is 7.38. The zero-order valence-corrected chi connectivity index (χ0v) is 35.4. The van der Waals surface area contributed by atoms with E-state index in [9.17, 15) is 24.0 Å². The predicted molar refractivity (Wildman–Crippen MR) is 231 cm³/mol. The predicted octanol–water partition coefficient (Wildman–Crippen LogP) is 7.90. The molecule has 14 heteroatoms. The summed E-state index contributed by atoms with van der Waals surface area (Å²) in [5.41, 5.74) is 6.03. The van der Waals surface area contributed by atoms with Gasteiger partial charge in [-0.2, -0.15) is 0 Å². The number of carbonyl (C=O) groups excluding carboxylic acids is 5. The van der Waals surface area contributed by atoms with E-state index in [-0.39, 0.29) is 42.3 Å². The number of halogens is 1. The van der Waals surface area contributed by atoms with Crippen LogP contribution in [0.1, 0.15) is 111 Å². The molecule has 3 heterocycles. The van der Waals surface area contributed by atoms with Crippen molar-refractivity contribution in [1.29, 1.82) is 5.41 Å². The summed E-state index contributed by atoms with van der Waals surface area (Å²) >= 11 is 7.91. The molecule has 1 aromatic heterocycles. The summed E-state index contributed by atoms with van der Waals surface area (Å²) in [6, 6.07) is 18.2. The minimum atomic E-state index is -1.01. The highest BCUT2D eigenvalue weighted by atomic mass is 35.5. The Morgan fingerprint density at radius 3 is 2.37 bits per heavy atom. The van der Waals surface area contributed by atoms with E-state index in [1.54, 1.807) is 36.5 Å². The zero-order chi connectivity index (χ0) is 42.4. The summed E-state index contributed by atoms with van der Waals surface area (Å²) in [5.74, 6) is -1.61. The first-order valence-corrected chi connectivity index (χ1v) is 21.0. The number of nitrogens with zero attached hydrogens (tertiary/aromatic N) is 2. The minimum absolute atomic E-state index is 0.0310. The second-order valence-electron chi connectivity index (χ2n) is 15.0. The van der Waals surface area contributed by atoms with Gasteiger partial charge in [0.25, 0.3) is 11.8 Å². The second-order valence-corrected chi connectivity index (χ2v) is 16.8. The lowest BCUT2D eigenvalue weighted by molar-refractivity contribution is -0.136. The molecule has 0 radical (unpaired) electrons. The number of benzene rings is 3. The fourth-order valence-corrected chi connectivity index (χ4v) is 8.57. The van der Waals surface area contributed by atoms with Gasteiger partial charge < -0.3 is 20.8 Å². The Kier molecular flexibility index (Phi) is 13.8. The van der Waals surface area contributed by atoms with Crippen molar-refractivity contribution in [2.45, 2.75) is 91.3 Å². The van der Waals surface area contributed by atoms with Crippen LogP contribution in [0.2, 0.25) is 5.02 Å². The summed E-state index contributed by atoms with van der Waals surface area (Å²) in [7, 11) is 0. The van der Waals surface area contributed by atoms with Crippen LogP contribution in [0.5, 0.6) is 5.75 Å². The molecule has 2 aliphatic heterocycles. The van der Waals surface area contributed by atoms with Gasteiger partial charge in [0.05, 0.1) is 41.9 Å². The summed E-state index contributed by atoms with van der Waals surface area (Å²) in [5, 5.41) is 17.7. The first-order chi connectivity index (χ1) is 28.2. The van der Waals surface area contributed by atoms with Crippen LogP contribution in [0.4, 0.5) is 5.69 Å². The summed E-state index contributed by atoms with van der Waals surface area (Å²) < 4.78 is 5.98. The molecule has 0 spiro atoms. The van der Waals surface area contributed by atoms with Gasteiger partial charge in [-0.15, -0.1) is 11.3 Å². The van der Waals surface area contributed by atoms with Crippen LogP contribution in [0, 0.1) is 26.2 Å². The molecule has 3 atom stereocenters. The lowest BCUT2D eigenvalue weighted by Crippen LogP contribution is -2.54. The van der Waals surface area contributed by atoms with Crippen molar-refractivity contribution in [2.75, 3.05) is 18.5 Å². The molecular weight excluding hydrogens is 788 g/mol. The Balaban J connectivity index is 0.961. The molecule has 4 aromatic rings. The molecule has 0 aliphatic carbocycles. The van der Waals surface area contributed by atoms with Gasteiger partial charge >= 0.3 is 0 Å². The molecule has 3 aromatic carbocycles. The molecular formula is C45H49ClN6O6S. The van der Waals surface area contributed by atoms with Crippen molar-refractivity contribution in [1.82, 2.24) is 15.5 Å². The van der Waals surface area contributed by atoms with Crippen LogP contribution in [0.25, 0.3) is 0 Å². The maximum absolute atomic E-state index is 13.4. The van der Waals surface area contributed by atoms with Gasteiger partial charge in [0.15, 0.2) is 0 Å². The number of hydrogen-bond acceptors (Lipinski definition) is 10. The van der Waals surface area contributed by atoms with Gasteiger partial charge in [-0.3, -0.25) is 39.2 Å². The number of aliphatic imine (C=N–C) groups is 1. The number of aryl methyl sites for hydroxylation is 2. The average molecular weight is 837 g/mol. The van der Waals surface area contributed by atoms with Crippen molar-refractivity contribution in [2.24, 2.45) is 4.99 Å². The smallest absolute Gasteiger partial charge is 0.264 e. The third kappa shape index (κ3) is 9.97. The highest BCUT2D eigenvalue weighted by molar-refractivity contribution is 7.12. The van der Waals surface area contributed by atoms with Gasteiger partial charge in [-0.05, 0) is 108 Å². The number of carbonyl (C=O) groups is 5. The summed E-state index contributed by atoms with van der Waals surface area (Å²) in [6.45, 7) is 10.9. The van der Waals surface area contributed by atoms with Crippen LogP contribution >= 0.6 is 22.9 Å². The number of ether oxygens (including phenoxy) is 1. The number of rotatable bonds is 17. The lowest BCUT2D eigenvalue weighted by Gasteiger charge is -2.27. The fraction of sp³-hybridized carbons (Fsp3) is 0.356. The molecule has 12 nitrogen and oxygen atoms in total. The van der Waals surface area contributed by atoms with Crippen molar-refractivity contribution in [3.05, 3.63) is 115 Å². The molecule has 0 bridgehead atoms. The first kappa shape index (κ1) is 42.9. The highest BCUT2D eigenvalue weighted by Gasteiger charge is 2.45. The Morgan fingerprint density at radius 1 is 0.983 bits per heavy atom. The van der Waals surface area contributed by atoms with Crippen molar-refractivity contribution in [3.63, 3.8) is 0 Å². The van der Waals surface area contributed by atoms with E-state index < -0.39 is 35.7 Å². The van der Waals surface area contributed by atoms with E-state index >= 15 is 0 Å². The number of hydrogen-bond donors (Lipinski definition) is 4. The standard InChI is InChI=1S/C45H49ClN6O6S/c1-25-28(4)59-29(5)40(25)42(31-12-16-32(46)17-13-31)50-36(26(2)47)24-39(54)49-27(3)30-14-18-33(19-15-30)58-23-8-6-7-22-48-35-11-9-10-34-41(35)45(57)52(44(34)56)37-20-21-38(53)51-43(37)55/h9-19,27,36-37,47-48H,6-8,20-24H2,1-5H3,(H,49,54)(H,51,53,55)/t27?,36-,37?/m0/s1. The molecule has 5 amide bonds. The zero-order valence-electron chi connectivity index (χ0n) is 33.9. The summed E-state index contributed by atoms with van der Waals surface area (Å²) in [6.07, 6.45) is 2.65. The molecule has 1 fully saturated rings. The van der Waals surface area contributed by atoms with E-state index in [2.05, 4.69) is 36.7 Å². The van der Waals surface area contributed by atoms with Crippen LogP contribution < -0.4 is 20.7 Å². The van der Waals surface area contributed by atoms with Gasteiger partial charge in [0, 0.05) is 50.3 Å². The Labute approximate surface area is 353 Å². The number of thiophene rings is 1. The van der Waals surface area contributed by atoms with E-state index in [4.69, 9.17) is 26.7 Å². The maximum Gasteiger partial charge on any atom is 0.264 e. The van der Waals surface area contributed by atoms with Crippen molar-refractivity contribution >= 4 is 69.6 Å². The second kappa shape index (κ2) is 18.9. The number of imide groups is 2. The van der Waals surface area contributed by atoms with E-state index in [0.717, 1.165) is 57.0 Å². The average Bonchev–Trinajstić information content (AvgIpc) is 3.61. The molecule has 4 N–H and O–H groups in total. The van der Waals surface area contributed by atoms with E-state index in [0.29, 0.717) is 35.3 Å². The number of piperidine rings is 1. The normalized spacial score (nSPS) is 16.4. The van der Waals surface area contributed by atoms with Gasteiger partial charge in [-0.25, -0.2) is 0 Å². The topological polar surface area (TPSA) is 170 Å². The largest absolute Gasteiger partial charge is 0.494 e. The summed E-state index contributed by atoms with van der Waals surface area (Å²) in [4.78, 5) is 72.1. The van der Waals surface area contributed by atoms with Crippen LogP contribution in [-0.2, 0) is 14.4 Å².